The molecule has 0 radical (unpaired) electrons. The smallest absolute Gasteiger partial charge is 0.370 e. The third-order valence-electron chi connectivity index (χ3n) is 5.04. The summed E-state index contributed by atoms with van der Waals surface area (Å²) in [6.45, 7) is 5.13. The molecule has 4 rings (SSSR count). The minimum Gasteiger partial charge on any atom is -0.370 e. The fraction of sp³-hybridized carbons (Fsp3) is 0.350. The normalized spacial score (nSPS) is 14.6. The average Bonchev–Trinajstić information content (AvgIpc) is 3.30. The lowest BCUT2D eigenvalue weighted by atomic mass is 10.1. The molecule has 1 saturated heterocycles. The predicted molar refractivity (Wildman–Crippen MR) is 103 cm³/mol. The summed E-state index contributed by atoms with van der Waals surface area (Å²) in [5, 5.41) is 6.84. The molecule has 1 aliphatic rings. The standard InChI is InChI=1S/C20H20F3N5O/c1-12-9-13(2)28-18(25-12)15(11-24-28)19(29)26-16-10-14(20(21,22)23)5-6-17(16)27-7-3-4-8-27/h5-6,9-11H,3-4,7-8H2,1-2H3,(H,26,29). The number of aryl methyl sites for hydroxylation is 2. The van der Waals surface area contributed by atoms with Crippen LogP contribution in [0, 0.1) is 13.8 Å². The van der Waals surface area contributed by atoms with Gasteiger partial charge in [-0.15, -0.1) is 0 Å². The zero-order valence-electron chi connectivity index (χ0n) is 16.0. The Morgan fingerprint density at radius 1 is 1.14 bits per heavy atom. The van der Waals surface area contributed by atoms with Crippen LogP contribution in [0.25, 0.3) is 5.65 Å². The zero-order chi connectivity index (χ0) is 20.8. The zero-order valence-corrected chi connectivity index (χ0v) is 16.0. The summed E-state index contributed by atoms with van der Waals surface area (Å²) >= 11 is 0. The maximum absolute atomic E-state index is 13.2. The number of halogens is 3. The van der Waals surface area contributed by atoms with Gasteiger partial charge in [0.15, 0.2) is 5.65 Å². The van der Waals surface area contributed by atoms with E-state index in [1.54, 1.807) is 6.92 Å². The minimum absolute atomic E-state index is 0.135. The summed E-state index contributed by atoms with van der Waals surface area (Å²) in [5.41, 5.74) is 2.03. The number of hydrogen-bond acceptors (Lipinski definition) is 4. The van der Waals surface area contributed by atoms with Gasteiger partial charge >= 0.3 is 6.18 Å². The van der Waals surface area contributed by atoms with Gasteiger partial charge in [-0.2, -0.15) is 18.3 Å². The van der Waals surface area contributed by atoms with Crippen LogP contribution in [-0.2, 0) is 6.18 Å². The number of aromatic nitrogens is 3. The Bertz CT molecular complexity index is 1080. The molecule has 0 spiro atoms. The van der Waals surface area contributed by atoms with E-state index in [4.69, 9.17) is 0 Å². The van der Waals surface area contributed by atoms with E-state index in [0.717, 1.165) is 49.5 Å². The van der Waals surface area contributed by atoms with E-state index < -0.39 is 17.6 Å². The molecule has 3 heterocycles. The highest BCUT2D eigenvalue weighted by molar-refractivity contribution is 6.09. The minimum atomic E-state index is -4.50. The summed E-state index contributed by atoms with van der Waals surface area (Å²) in [7, 11) is 0. The summed E-state index contributed by atoms with van der Waals surface area (Å²) < 4.78 is 41.2. The van der Waals surface area contributed by atoms with Gasteiger partial charge in [0.05, 0.1) is 23.1 Å². The topological polar surface area (TPSA) is 62.5 Å². The number of carbonyl (C=O) groups is 1. The Hall–Kier alpha value is -3.10. The molecule has 0 atom stereocenters. The number of alkyl halides is 3. The number of anilines is 2. The molecular weight excluding hydrogens is 383 g/mol. The van der Waals surface area contributed by atoms with Crippen molar-refractivity contribution in [1.29, 1.82) is 0 Å². The number of fused-ring (bicyclic) bond motifs is 1. The van der Waals surface area contributed by atoms with Crippen LogP contribution in [0.2, 0.25) is 0 Å². The number of carbonyl (C=O) groups excluding carboxylic acids is 1. The maximum atomic E-state index is 13.2. The first kappa shape index (κ1) is 19.2. The van der Waals surface area contributed by atoms with E-state index in [9.17, 15) is 18.0 Å². The number of benzene rings is 1. The largest absolute Gasteiger partial charge is 0.416 e. The van der Waals surface area contributed by atoms with Crippen molar-refractivity contribution in [2.45, 2.75) is 32.9 Å². The van der Waals surface area contributed by atoms with Crippen LogP contribution in [-0.4, -0.2) is 33.6 Å². The molecule has 152 valence electrons. The van der Waals surface area contributed by atoms with Crippen LogP contribution in [0.3, 0.4) is 0 Å². The number of nitrogens with one attached hydrogen (secondary N) is 1. The van der Waals surface area contributed by atoms with Gasteiger partial charge in [-0.3, -0.25) is 4.79 Å². The lowest BCUT2D eigenvalue weighted by Gasteiger charge is -2.22. The third-order valence-corrected chi connectivity index (χ3v) is 5.04. The number of hydrogen-bond donors (Lipinski definition) is 1. The molecule has 1 fully saturated rings. The second-order valence-corrected chi connectivity index (χ2v) is 7.21. The van der Waals surface area contributed by atoms with E-state index in [-0.39, 0.29) is 11.3 Å². The molecule has 0 bridgehead atoms. The monoisotopic (exact) mass is 403 g/mol. The Balaban J connectivity index is 1.73. The van der Waals surface area contributed by atoms with Gasteiger partial charge in [0, 0.05) is 24.5 Å². The Morgan fingerprint density at radius 3 is 2.55 bits per heavy atom. The first-order valence-electron chi connectivity index (χ1n) is 9.33. The first-order valence-corrected chi connectivity index (χ1v) is 9.33. The summed E-state index contributed by atoms with van der Waals surface area (Å²) in [6, 6.07) is 5.29. The molecule has 1 aliphatic heterocycles. The molecule has 6 nitrogen and oxygen atoms in total. The van der Waals surface area contributed by atoms with Gasteiger partial charge < -0.3 is 10.2 Å². The molecule has 0 saturated carbocycles. The van der Waals surface area contributed by atoms with Crippen LogP contribution in [0.5, 0.6) is 0 Å². The van der Waals surface area contributed by atoms with Crippen molar-refractivity contribution in [1.82, 2.24) is 14.6 Å². The van der Waals surface area contributed by atoms with Crippen molar-refractivity contribution in [2.24, 2.45) is 0 Å². The van der Waals surface area contributed by atoms with Crippen molar-refractivity contribution in [3.8, 4) is 0 Å². The Kier molecular flexibility index (Phi) is 4.68. The molecular formula is C20H20F3N5O. The maximum Gasteiger partial charge on any atom is 0.416 e. The quantitative estimate of drug-likeness (QED) is 0.711. The fourth-order valence-corrected chi connectivity index (χ4v) is 3.67. The van der Waals surface area contributed by atoms with Gasteiger partial charge in [-0.25, -0.2) is 9.50 Å². The van der Waals surface area contributed by atoms with Crippen molar-refractivity contribution < 1.29 is 18.0 Å². The number of nitrogens with zero attached hydrogens (tertiary/aromatic N) is 4. The van der Waals surface area contributed by atoms with Gasteiger partial charge in [-0.1, -0.05) is 0 Å². The van der Waals surface area contributed by atoms with E-state index in [0.29, 0.717) is 11.3 Å². The van der Waals surface area contributed by atoms with Crippen molar-refractivity contribution in [3.63, 3.8) is 0 Å². The van der Waals surface area contributed by atoms with Crippen molar-refractivity contribution in [3.05, 3.63) is 53.0 Å². The van der Waals surface area contributed by atoms with Crippen LogP contribution in [0.1, 0.15) is 40.2 Å². The Labute approximate surface area is 165 Å². The second-order valence-electron chi connectivity index (χ2n) is 7.21. The third kappa shape index (κ3) is 3.64. The summed E-state index contributed by atoms with van der Waals surface area (Å²) in [4.78, 5) is 19.3. The molecule has 0 unspecified atom stereocenters. The molecule has 3 aromatic rings. The molecule has 29 heavy (non-hydrogen) atoms. The average molecular weight is 403 g/mol. The molecule has 9 heteroatoms. The van der Waals surface area contributed by atoms with Crippen LogP contribution in [0.15, 0.2) is 30.5 Å². The highest BCUT2D eigenvalue weighted by Gasteiger charge is 2.32. The van der Waals surface area contributed by atoms with Crippen molar-refractivity contribution >= 4 is 22.9 Å². The van der Waals surface area contributed by atoms with Crippen LogP contribution >= 0.6 is 0 Å². The summed E-state index contributed by atoms with van der Waals surface area (Å²) in [5.74, 6) is -0.544. The second kappa shape index (κ2) is 7.06. The molecule has 1 N–H and O–H groups in total. The van der Waals surface area contributed by atoms with E-state index in [1.165, 1.54) is 16.8 Å². The lowest BCUT2D eigenvalue weighted by molar-refractivity contribution is -0.137. The lowest BCUT2D eigenvalue weighted by Crippen LogP contribution is -2.22. The van der Waals surface area contributed by atoms with Gasteiger partial charge in [-0.05, 0) is 51.0 Å². The SMILES string of the molecule is Cc1cc(C)n2ncc(C(=O)Nc3cc(C(F)(F)F)ccc3N3CCCC3)c2n1. The highest BCUT2D eigenvalue weighted by atomic mass is 19.4. The van der Waals surface area contributed by atoms with Gasteiger partial charge in [0.2, 0.25) is 0 Å². The van der Waals surface area contributed by atoms with E-state index in [2.05, 4.69) is 15.4 Å². The molecule has 2 aromatic heterocycles. The number of rotatable bonds is 3. The van der Waals surface area contributed by atoms with Crippen molar-refractivity contribution in [2.75, 3.05) is 23.3 Å². The van der Waals surface area contributed by atoms with Crippen LogP contribution < -0.4 is 10.2 Å². The first-order chi connectivity index (χ1) is 13.7. The summed E-state index contributed by atoms with van der Waals surface area (Å²) in [6.07, 6.45) is -1.19. The molecule has 1 aromatic carbocycles. The highest BCUT2D eigenvalue weighted by Crippen LogP contribution is 2.36. The van der Waals surface area contributed by atoms with E-state index in [1.807, 2.05) is 17.9 Å². The van der Waals surface area contributed by atoms with Crippen LogP contribution in [0.4, 0.5) is 24.5 Å². The number of amides is 1. The van der Waals surface area contributed by atoms with Gasteiger partial charge in [0.25, 0.3) is 5.91 Å². The fourth-order valence-electron chi connectivity index (χ4n) is 3.67. The van der Waals surface area contributed by atoms with E-state index >= 15 is 0 Å². The predicted octanol–water partition coefficient (Wildman–Crippen LogP) is 4.22. The van der Waals surface area contributed by atoms with Gasteiger partial charge in [0.1, 0.15) is 5.56 Å². The molecule has 0 aliphatic carbocycles. The Morgan fingerprint density at radius 2 is 1.86 bits per heavy atom. The molecule has 1 amide bonds.